The van der Waals surface area contributed by atoms with Crippen LogP contribution in [0.3, 0.4) is 0 Å². The van der Waals surface area contributed by atoms with Gasteiger partial charge in [-0.05, 0) is 25.3 Å². The molecule has 7 heteroatoms. The normalized spacial score (nSPS) is 16.2. The Morgan fingerprint density at radius 3 is 2.65 bits per heavy atom. The third kappa shape index (κ3) is 4.11. The molecule has 0 radical (unpaired) electrons. The highest BCUT2D eigenvalue weighted by molar-refractivity contribution is 5.95. The van der Waals surface area contributed by atoms with Crippen molar-refractivity contribution in [1.82, 2.24) is 15.1 Å². The molecule has 2 heterocycles. The lowest BCUT2D eigenvalue weighted by Crippen LogP contribution is -2.30. The van der Waals surface area contributed by atoms with Gasteiger partial charge in [0.05, 0.1) is 30.3 Å². The number of carboxylic acids is 1. The van der Waals surface area contributed by atoms with Gasteiger partial charge in [0.1, 0.15) is 0 Å². The molecule has 0 bridgehead atoms. The van der Waals surface area contributed by atoms with E-state index in [-0.39, 0.29) is 18.4 Å². The molecular weight excluding hydrogens is 334 g/mol. The lowest BCUT2D eigenvalue weighted by molar-refractivity contribution is -0.137. The van der Waals surface area contributed by atoms with E-state index >= 15 is 0 Å². The van der Waals surface area contributed by atoms with Crippen LogP contribution in [0.5, 0.6) is 0 Å². The summed E-state index contributed by atoms with van der Waals surface area (Å²) in [5, 5.41) is 16.4. The average Bonchev–Trinajstić information content (AvgIpc) is 3.04. The van der Waals surface area contributed by atoms with Crippen molar-refractivity contribution < 1.29 is 19.4 Å². The molecule has 1 fully saturated rings. The van der Waals surface area contributed by atoms with Gasteiger partial charge in [-0.1, -0.05) is 30.3 Å². The van der Waals surface area contributed by atoms with Crippen molar-refractivity contribution in [1.29, 1.82) is 0 Å². The molecule has 1 unspecified atom stereocenters. The number of nitrogens with one attached hydrogen (secondary N) is 1. The molecule has 2 aromatic rings. The van der Waals surface area contributed by atoms with E-state index in [1.807, 2.05) is 41.9 Å². The molecule has 1 atom stereocenters. The fourth-order valence-corrected chi connectivity index (χ4v) is 3.29. The summed E-state index contributed by atoms with van der Waals surface area (Å²) in [5.74, 6) is -1.27. The van der Waals surface area contributed by atoms with Crippen molar-refractivity contribution in [2.45, 2.75) is 38.3 Å². The SMILES string of the molecule is Cc1c(C(=O)NC(CC(=O)O)c2ccccc2)cnn1C1CCOCC1. The number of benzene rings is 1. The Balaban J connectivity index is 1.77. The quantitative estimate of drug-likeness (QED) is 0.828. The maximum atomic E-state index is 12.7. The zero-order valence-electron chi connectivity index (χ0n) is 14.7. The van der Waals surface area contributed by atoms with Crippen molar-refractivity contribution in [2.75, 3.05) is 13.2 Å². The zero-order valence-corrected chi connectivity index (χ0v) is 14.7. The van der Waals surface area contributed by atoms with Crippen LogP contribution in [0.4, 0.5) is 0 Å². The minimum atomic E-state index is -0.964. The van der Waals surface area contributed by atoms with Crippen LogP contribution in [0.25, 0.3) is 0 Å². The van der Waals surface area contributed by atoms with E-state index in [1.54, 1.807) is 6.20 Å². The molecule has 1 saturated heterocycles. The third-order valence-corrected chi connectivity index (χ3v) is 4.71. The molecule has 0 aliphatic carbocycles. The molecule has 2 N–H and O–H groups in total. The second kappa shape index (κ2) is 8.14. The number of rotatable bonds is 6. The zero-order chi connectivity index (χ0) is 18.5. The summed E-state index contributed by atoms with van der Waals surface area (Å²) < 4.78 is 7.26. The number of aliphatic carboxylic acids is 1. The number of carboxylic acid groups (broad SMARTS) is 1. The molecule has 0 spiro atoms. The van der Waals surface area contributed by atoms with E-state index in [4.69, 9.17) is 4.74 Å². The van der Waals surface area contributed by atoms with Crippen molar-refractivity contribution in [3.05, 3.63) is 53.3 Å². The van der Waals surface area contributed by atoms with Gasteiger partial charge in [-0.3, -0.25) is 14.3 Å². The largest absolute Gasteiger partial charge is 0.481 e. The summed E-state index contributed by atoms with van der Waals surface area (Å²) in [4.78, 5) is 23.9. The Bertz CT molecular complexity index is 766. The first kappa shape index (κ1) is 18.1. The Hall–Kier alpha value is -2.67. The van der Waals surface area contributed by atoms with Gasteiger partial charge in [0.15, 0.2) is 0 Å². The predicted octanol–water partition coefficient (Wildman–Crippen LogP) is 2.49. The maximum Gasteiger partial charge on any atom is 0.305 e. The van der Waals surface area contributed by atoms with Crippen molar-refractivity contribution in [3.63, 3.8) is 0 Å². The Morgan fingerprint density at radius 2 is 2.00 bits per heavy atom. The van der Waals surface area contributed by atoms with Crippen molar-refractivity contribution >= 4 is 11.9 Å². The fraction of sp³-hybridized carbons (Fsp3) is 0.421. The highest BCUT2D eigenvalue weighted by Gasteiger charge is 2.24. The summed E-state index contributed by atoms with van der Waals surface area (Å²) in [6, 6.07) is 8.76. The molecule has 1 aliphatic heterocycles. The van der Waals surface area contributed by atoms with Crippen LogP contribution in [0.1, 0.15) is 53.0 Å². The standard InChI is InChI=1S/C19H23N3O4/c1-13-16(12-20-22(13)15-7-9-26-10-8-15)19(25)21-17(11-18(23)24)14-5-3-2-4-6-14/h2-6,12,15,17H,7-11H2,1H3,(H,21,25)(H,23,24). The number of hydrogen-bond acceptors (Lipinski definition) is 4. The number of carbonyl (C=O) groups excluding carboxylic acids is 1. The minimum absolute atomic E-state index is 0.178. The predicted molar refractivity (Wildman–Crippen MR) is 95.0 cm³/mol. The minimum Gasteiger partial charge on any atom is -0.481 e. The van der Waals surface area contributed by atoms with Crippen LogP contribution in [-0.4, -0.2) is 40.0 Å². The summed E-state index contributed by atoms with van der Waals surface area (Å²) >= 11 is 0. The van der Waals surface area contributed by atoms with Crippen molar-refractivity contribution in [2.24, 2.45) is 0 Å². The monoisotopic (exact) mass is 357 g/mol. The number of nitrogens with zero attached hydrogens (tertiary/aromatic N) is 2. The summed E-state index contributed by atoms with van der Waals surface area (Å²) in [6.07, 6.45) is 3.12. The van der Waals surface area contributed by atoms with Crippen LogP contribution in [-0.2, 0) is 9.53 Å². The van der Waals surface area contributed by atoms with Crippen LogP contribution < -0.4 is 5.32 Å². The summed E-state index contributed by atoms with van der Waals surface area (Å²) in [5.41, 5.74) is 2.03. The first-order valence-corrected chi connectivity index (χ1v) is 8.75. The highest BCUT2D eigenvalue weighted by atomic mass is 16.5. The van der Waals surface area contributed by atoms with Gasteiger partial charge in [0.2, 0.25) is 0 Å². The fourth-order valence-electron chi connectivity index (χ4n) is 3.29. The molecule has 1 aromatic carbocycles. The third-order valence-electron chi connectivity index (χ3n) is 4.71. The van der Waals surface area contributed by atoms with E-state index in [0.717, 1.165) is 24.1 Å². The van der Waals surface area contributed by atoms with E-state index in [9.17, 15) is 14.7 Å². The van der Waals surface area contributed by atoms with Gasteiger partial charge >= 0.3 is 5.97 Å². The Labute approximate surface area is 152 Å². The number of amides is 1. The van der Waals surface area contributed by atoms with Gasteiger partial charge in [-0.15, -0.1) is 0 Å². The highest BCUT2D eigenvalue weighted by Crippen LogP contribution is 2.24. The van der Waals surface area contributed by atoms with E-state index in [1.165, 1.54) is 0 Å². The van der Waals surface area contributed by atoms with Crippen LogP contribution >= 0.6 is 0 Å². The maximum absolute atomic E-state index is 12.7. The molecular formula is C19H23N3O4. The van der Waals surface area contributed by atoms with Gasteiger partial charge < -0.3 is 15.2 Å². The van der Waals surface area contributed by atoms with E-state index in [0.29, 0.717) is 18.8 Å². The van der Waals surface area contributed by atoms with Gasteiger partial charge in [0.25, 0.3) is 5.91 Å². The Kier molecular flexibility index (Phi) is 5.68. The summed E-state index contributed by atoms with van der Waals surface area (Å²) in [7, 11) is 0. The first-order chi connectivity index (χ1) is 12.6. The molecule has 7 nitrogen and oxygen atoms in total. The van der Waals surface area contributed by atoms with E-state index in [2.05, 4.69) is 10.4 Å². The molecule has 1 amide bonds. The number of carbonyl (C=O) groups is 2. The molecule has 0 saturated carbocycles. The molecule has 1 aliphatic rings. The van der Waals surface area contributed by atoms with E-state index < -0.39 is 12.0 Å². The lowest BCUT2D eigenvalue weighted by atomic mass is 10.0. The number of hydrogen-bond donors (Lipinski definition) is 2. The van der Waals surface area contributed by atoms with Crippen molar-refractivity contribution in [3.8, 4) is 0 Å². The van der Waals surface area contributed by atoms with Gasteiger partial charge in [-0.2, -0.15) is 5.10 Å². The van der Waals surface area contributed by atoms with Gasteiger partial charge in [-0.25, -0.2) is 0 Å². The number of aromatic nitrogens is 2. The van der Waals surface area contributed by atoms with Crippen LogP contribution in [0, 0.1) is 6.92 Å². The Morgan fingerprint density at radius 1 is 1.31 bits per heavy atom. The molecule has 3 rings (SSSR count). The van der Waals surface area contributed by atoms with Crippen LogP contribution in [0.15, 0.2) is 36.5 Å². The molecule has 138 valence electrons. The lowest BCUT2D eigenvalue weighted by Gasteiger charge is -2.23. The van der Waals surface area contributed by atoms with Crippen LogP contribution in [0.2, 0.25) is 0 Å². The number of ether oxygens (including phenoxy) is 1. The van der Waals surface area contributed by atoms with Gasteiger partial charge in [0, 0.05) is 18.9 Å². The molecule has 26 heavy (non-hydrogen) atoms. The average molecular weight is 357 g/mol. The smallest absolute Gasteiger partial charge is 0.305 e. The topological polar surface area (TPSA) is 93.5 Å². The second-order valence-electron chi connectivity index (χ2n) is 6.47. The molecule has 1 aromatic heterocycles. The first-order valence-electron chi connectivity index (χ1n) is 8.75. The summed E-state index contributed by atoms with van der Waals surface area (Å²) in [6.45, 7) is 3.26. The second-order valence-corrected chi connectivity index (χ2v) is 6.47.